The van der Waals surface area contributed by atoms with Crippen LogP contribution in [0.3, 0.4) is 0 Å². The average Bonchev–Trinajstić information content (AvgIpc) is 2.45. The highest BCUT2D eigenvalue weighted by atomic mass is 16.5. The first-order valence-corrected chi connectivity index (χ1v) is 6.46. The first kappa shape index (κ1) is 15.9. The van der Waals surface area contributed by atoms with Crippen LogP contribution >= 0.6 is 0 Å². The molecule has 1 aromatic rings. The Morgan fingerprint density at radius 1 is 1.45 bits per heavy atom. The lowest BCUT2D eigenvalue weighted by molar-refractivity contribution is -0.142. The molecule has 0 bridgehead atoms. The SMILES string of the molecule is CCCCn1nc(C(=O)NC(C)C(=O)OC)ccc1=O. The fourth-order valence-corrected chi connectivity index (χ4v) is 1.54. The summed E-state index contributed by atoms with van der Waals surface area (Å²) < 4.78 is 5.77. The number of carbonyl (C=O) groups excluding carboxylic acids is 2. The number of nitrogens with one attached hydrogen (secondary N) is 1. The van der Waals surface area contributed by atoms with Crippen molar-refractivity contribution in [1.29, 1.82) is 0 Å². The zero-order valence-electron chi connectivity index (χ0n) is 11.9. The van der Waals surface area contributed by atoms with Gasteiger partial charge in [-0.3, -0.25) is 9.59 Å². The topological polar surface area (TPSA) is 90.3 Å². The number of nitrogens with zero attached hydrogens (tertiary/aromatic N) is 2. The lowest BCUT2D eigenvalue weighted by Crippen LogP contribution is -2.40. The minimum absolute atomic E-state index is 0.0939. The summed E-state index contributed by atoms with van der Waals surface area (Å²) in [5.41, 5.74) is -0.160. The zero-order chi connectivity index (χ0) is 15.1. The summed E-state index contributed by atoms with van der Waals surface area (Å²) >= 11 is 0. The van der Waals surface area contributed by atoms with E-state index in [1.165, 1.54) is 30.8 Å². The van der Waals surface area contributed by atoms with Crippen LogP contribution in [0.1, 0.15) is 37.2 Å². The van der Waals surface area contributed by atoms with E-state index >= 15 is 0 Å². The van der Waals surface area contributed by atoms with Gasteiger partial charge in [0.2, 0.25) is 0 Å². The van der Waals surface area contributed by atoms with Crippen LogP contribution in [0.2, 0.25) is 0 Å². The predicted octanol–water partition coefficient (Wildman–Crippen LogP) is 0.335. The molecule has 0 aliphatic rings. The van der Waals surface area contributed by atoms with E-state index in [0.717, 1.165) is 12.8 Å². The van der Waals surface area contributed by atoms with Crippen molar-refractivity contribution in [3.63, 3.8) is 0 Å². The van der Waals surface area contributed by atoms with Crippen molar-refractivity contribution in [3.05, 3.63) is 28.2 Å². The molecule has 7 nitrogen and oxygen atoms in total. The van der Waals surface area contributed by atoms with Gasteiger partial charge < -0.3 is 10.1 Å². The summed E-state index contributed by atoms with van der Waals surface area (Å²) in [6.07, 6.45) is 1.72. The number of esters is 1. The van der Waals surface area contributed by atoms with Crippen molar-refractivity contribution in [2.75, 3.05) is 7.11 Å². The summed E-state index contributed by atoms with van der Waals surface area (Å²) in [7, 11) is 1.24. The van der Waals surface area contributed by atoms with E-state index in [0.29, 0.717) is 6.54 Å². The molecule has 0 spiro atoms. The second-order valence-corrected chi connectivity index (χ2v) is 4.35. The number of unbranched alkanes of at least 4 members (excludes halogenated alkanes) is 1. The molecule has 7 heteroatoms. The van der Waals surface area contributed by atoms with Crippen molar-refractivity contribution < 1.29 is 14.3 Å². The summed E-state index contributed by atoms with van der Waals surface area (Å²) in [5, 5.41) is 6.45. The third-order valence-electron chi connectivity index (χ3n) is 2.73. The number of carbonyl (C=O) groups is 2. The van der Waals surface area contributed by atoms with Gasteiger partial charge in [0, 0.05) is 12.6 Å². The predicted molar refractivity (Wildman–Crippen MR) is 72.3 cm³/mol. The third kappa shape index (κ3) is 4.18. The van der Waals surface area contributed by atoms with Gasteiger partial charge in [0.1, 0.15) is 11.7 Å². The van der Waals surface area contributed by atoms with Gasteiger partial charge in [-0.1, -0.05) is 13.3 Å². The number of methoxy groups -OCH3 is 1. The van der Waals surface area contributed by atoms with Crippen LogP contribution in [-0.2, 0) is 16.1 Å². The number of rotatable bonds is 6. The molecule has 1 heterocycles. The monoisotopic (exact) mass is 281 g/mol. The molecule has 0 fully saturated rings. The Morgan fingerprint density at radius 2 is 2.15 bits per heavy atom. The second-order valence-electron chi connectivity index (χ2n) is 4.35. The van der Waals surface area contributed by atoms with Crippen molar-refractivity contribution in [1.82, 2.24) is 15.1 Å². The van der Waals surface area contributed by atoms with Gasteiger partial charge in [-0.2, -0.15) is 5.10 Å². The zero-order valence-corrected chi connectivity index (χ0v) is 11.9. The maximum atomic E-state index is 11.9. The molecule has 0 aliphatic carbocycles. The highest BCUT2D eigenvalue weighted by molar-refractivity contribution is 5.94. The highest BCUT2D eigenvalue weighted by Crippen LogP contribution is 1.96. The molecule has 1 N–H and O–H groups in total. The summed E-state index contributed by atoms with van der Waals surface area (Å²) in [4.78, 5) is 34.7. The Morgan fingerprint density at radius 3 is 2.75 bits per heavy atom. The van der Waals surface area contributed by atoms with Crippen molar-refractivity contribution in [2.24, 2.45) is 0 Å². The van der Waals surface area contributed by atoms with Gasteiger partial charge >= 0.3 is 5.97 Å². The molecular formula is C13H19N3O4. The molecule has 0 radical (unpaired) electrons. The Kier molecular flexibility index (Phi) is 5.89. The van der Waals surface area contributed by atoms with Crippen LogP contribution in [0.15, 0.2) is 16.9 Å². The van der Waals surface area contributed by atoms with E-state index in [1.807, 2.05) is 6.92 Å². The molecule has 1 unspecified atom stereocenters. The van der Waals surface area contributed by atoms with E-state index in [9.17, 15) is 14.4 Å². The first-order chi connectivity index (χ1) is 9.49. The minimum atomic E-state index is -0.773. The van der Waals surface area contributed by atoms with Crippen molar-refractivity contribution >= 4 is 11.9 Å². The molecule has 0 saturated heterocycles. The highest BCUT2D eigenvalue weighted by Gasteiger charge is 2.18. The molecule has 0 aromatic carbocycles. The number of ether oxygens (including phenoxy) is 1. The number of amides is 1. The first-order valence-electron chi connectivity index (χ1n) is 6.46. The van der Waals surface area contributed by atoms with Crippen molar-refractivity contribution in [3.8, 4) is 0 Å². The van der Waals surface area contributed by atoms with Gasteiger partial charge in [0.05, 0.1) is 7.11 Å². The largest absolute Gasteiger partial charge is 0.467 e. The second kappa shape index (κ2) is 7.42. The molecule has 110 valence electrons. The number of hydrogen-bond acceptors (Lipinski definition) is 5. The van der Waals surface area contributed by atoms with Crippen LogP contribution in [-0.4, -0.2) is 34.8 Å². The van der Waals surface area contributed by atoms with Gasteiger partial charge in [-0.15, -0.1) is 0 Å². The van der Waals surface area contributed by atoms with Crippen molar-refractivity contribution in [2.45, 2.75) is 39.3 Å². The number of aryl methyl sites for hydroxylation is 1. The standard InChI is InChI=1S/C13H19N3O4/c1-4-5-8-16-11(17)7-6-10(15-16)12(18)14-9(2)13(19)20-3/h6-7,9H,4-5,8H2,1-3H3,(H,14,18). The molecule has 20 heavy (non-hydrogen) atoms. The van der Waals surface area contributed by atoms with Gasteiger partial charge in [-0.05, 0) is 19.4 Å². The Bertz CT molecular complexity index is 539. The van der Waals surface area contributed by atoms with E-state index in [4.69, 9.17) is 0 Å². The Balaban J connectivity index is 2.83. The molecule has 0 aliphatic heterocycles. The smallest absolute Gasteiger partial charge is 0.328 e. The maximum Gasteiger partial charge on any atom is 0.328 e. The molecule has 1 rings (SSSR count). The summed E-state index contributed by atoms with van der Waals surface area (Å²) in [6, 6.07) is 1.86. The average molecular weight is 281 g/mol. The van der Waals surface area contributed by atoms with E-state index in [1.54, 1.807) is 0 Å². The molecular weight excluding hydrogens is 262 g/mol. The number of aromatic nitrogens is 2. The van der Waals surface area contributed by atoms with Crippen LogP contribution in [0, 0.1) is 0 Å². The minimum Gasteiger partial charge on any atom is -0.467 e. The van der Waals surface area contributed by atoms with E-state index in [2.05, 4.69) is 15.2 Å². The van der Waals surface area contributed by atoms with Gasteiger partial charge in [-0.25, -0.2) is 9.48 Å². The van der Waals surface area contributed by atoms with E-state index < -0.39 is 17.9 Å². The summed E-state index contributed by atoms with van der Waals surface area (Å²) in [5.74, 6) is -1.06. The van der Waals surface area contributed by atoms with Crippen LogP contribution < -0.4 is 10.9 Å². The Labute approximate surface area is 116 Å². The molecule has 1 atom stereocenters. The van der Waals surface area contributed by atoms with Crippen LogP contribution in [0.4, 0.5) is 0 Å². The lowest BCUT2D eigenvalue weighted by atomic mass is 10.3. The number of hydrogen-bond donors (Lipinski definition) is 1. The quantitative estimate of drug-likeness (QED) is 0.759. The van der Waals surface area contributed by atoms with Crippen LogP contribution in [0.5, 0.6) is 0 Å². The maximum absolute atomic E-state index is 11.9. The molecule has 1 aromatic heterocycles. The molecule has 0 saturated carbocycles. The summed E-state index contributed by atoms with van der Waals surface area (Å²) in [6.45, 7) is 3.97. The Hall–Kier alpha value is -2.18. The molecule has 1 amide bonds. The van der Waals surface area contributed by atoms with E-state index in [-0.39, 0.29) is 11.3 Å². The van der Waals surface area contributed by atoms with Crippen LogP contribution in [0.25, 0.3) is 0 Å². The fraction of sp³-hybridized carbons (Fsp3) is 0.538. The normalized spacial score (nSPS) is 11.8. The fourth-order valence-electron chi connectivity index (χ4n) is 1.54. The van der Waals surface area contributed by atoms with Gasteiger partial charge in [0.15, 0.2) is 0 Å². The van der Waals surface area contributed by atoms with Gasteiger partial charge in [0.25, 0.3) is 11.5 Å². The third-order valence-corrected chi connectivity index (χ3v) is 2.73. The lowest BCUT2D eigenvalue weighted by Gasteiger charge is -2.11.